The minimum atomic E-state index is -0.245. The van der Waals surface area contributed by atoms with Gasteiger partial charge in [0.2, 0.25) is 0 Å². The summed E-state index contributed by atoms with van der Waals surface area (Å²) in [6.07, 6.45) is 0.802. The monoisotopic (exact) mass is 274 g/mol. The Bertz CT molecular complexity index is 589. The summed E-state index contributed by atoms with van der Waals surface area (Å²) in [6, 6.07) is 5.14. The average Bonchev–Trinajstić information content (AvgIpc) is 2.73. The van der Waals surface area contributed by atoms with Crippen LogP contribution in [-0.4, -0.2) is 32.4 Å². The van der Waals surface area contributed by atoms with E-state index in [9.17, 15) is 4.79 Å². The van der Waals surface area contributed by atoms with Crippen LogP contribution in [0.1, 0.15) is 28.3 Å². The maximum Gasteiger partial charge on any atom is 0.271 e. The number of nitrogens with one attached hydrogen (secondary N) is 1. The fourth-order valence-electron chi connectivity index (χ4n) is 1.89. The lowest BCUT2D eigenvalue weighted by molar-refractivity contribution is 0.0946. The number of nitrogens with zero attached hydrogens (tertiary/aromatic N) is 4. The van der Waals surface area contributed by atoms with Crippen LogP contribution in [0.4, 0.5) is 5.82 Å². The van der Waals surface area contributed by atoms with Gasteiger partial charge in [0.25, 0.3) is 5.91 Å². The third kappa shape index (κ3) is 3.53. The summed E-state index contributed by atoms with van der Waals surface area (Å²) in [6.45, 7) is 5.31. The fraction of sp³-hybridized carbons (Fsp3) is 0.385. The minimum Gasteiger partial charge on any atom is -0.382 e. The normalized spacial score (nSPS) is 10.5. The van der Waals surface area contributed by atoms with Crippen LogP contribution in [0.5, 0.6) is 0 Å². The molecule has 3 N–H and O–H groups in total. The first-order valence-electron chi connectivity index (χ1n) is 6.45. The zero-order valence-corrected chi connectivity index (χ0v) is 11.6. The summed E-state index contributed by atoms with van der Waals surface area (Å²) in [5, 5.41) is 14.5. The third-order valence-electron chi connectivity index (χ3n) is 2.85. The summed E-state index contributed by atoms with van der Waals surface area (Å²) in [7, 11) is 0. The van der Waals surface area contributed by atoms with Gasteiger partial charge in [-0.1, -0.05) is 0 Å². The van der Waals surface area contributed by atoms with Crippen LogP contribution in [0.3, 0.4) is 0 Å². The van der Waals surface area contributed by atoms with Gasteiger partial charge in [-0.2, -0.15) is 5.10 Å². The summed E-state index contributed by atoms with van der Waals surface area (Å²) in [5.41, 5.74) is 7.81. The topological polar surface area (TPSA) is 98.7 Å². The van der Waals surface area contributed by atoms with Crippen LogP contribution in [-0.2, 0) is 6.54 Å². The van der Waals surface area contributed by atoms with Crippen molar-refractivity contribution in [1.82, 2.24) is 25.3 Å². The maximum absolute atomic E-state index is 11.8. The fourth-order valence-corrected chi connectivity index (χ4v) is 1.89. The van der Waals surface area contributed by atoms with Gasteiger partial charge in [-0.25, -0.2) is 0 Å². The van der Waals surface area contributed by atoms with E-state index in [2.05, 4.69) is 20.6 Å². The summed E-state index contributed by atoms with van der Waals surface area (Å²) in [4.78, 5) is 11.8. The number of carbonyl (C=O) groups is 1. The first-order chi connectivity index (χ1) is 9.56. The quantitative estimate of drug-likeness (QED) is 0.782. The SMILES string of the molecule is Cc1cc(C)n(CCCNC(=O)c2ccc(N)nn2)n1. The second-order valence-electron chi connectivity index (χ2n) is 4.60. The Morgan fingerprint density at radius 3 is 2.75 bits per heavy atom. The van der Waals surface area contributed by atoms with Crippen molar-refractivity contribution in [3.05, 3.63) is 35.3 Å². The van der Waals surface area contributed by atoms with Gasteiger partial charge in [0.1, 0.15) is 5.82 Å². The van der Waals surface area contributed by atoms with Gasteiger partial charge in [-0.05, 0) is 38.5 Å². The highest BCUT2D eigenvalue weighted by Crippen LogP contribution is 2.02. The molecule has 0 saturated heterocycles. The molecule has 0 atom stereocenters. The highest BCUT2D eigenvalue weighted by molar-refractivity contribution is 5.92. The minimum absolute atomic E-state index is 0.245. The molecule has 0 bridgehead atoms. The maximum atomic E-state index is 11.8. The van der Waals surface area contributed by atoms with Crippen molar-refractivity contribution >= 4 is 11.7 Å². The first-order valence-corrected chi connectivity index (χ1v) is 6.45. The number of anilines is 1. The van der Waals surface area contributed by atoms with Gasteiger partial charge in [-0.3, -0.25) is 9.48 Å². The lowest BCUT2D eigenvalue weighted by atomic mass is 10.3. The zero-order chi connectivity index (χ0) is 14.5. The number of carbonyl (C=O) groups excluding carboxylic acids is 1. The number of rotatable bonds is 5. The number of amides is 1. The number of aryl methyl sites for hydroxylation is 3. The number of nitrogen functional groups attached to an aromatic ring is 1. The summed E-state index contributed by atoms with van der Waals surface area (Å²) in [5.74, 6) is 0.0527. The molecule has 106 valence electrons. The molecule has 0 radical (unpaired) electrons. The van der Waals surface area contributed by atoms with Crippen LogP contribution in [0.2, 0.25) is 0 Å². The Morgan fingerprint density at radius 2 is 2.15 bits per heavy atom. The molecule has 0 aromatic carbocycles. The summed E-state index contributed by atoms with van der Waals surface area (Å²) >= 11 is 0. The van der Waals surface area contributed by atoms with Gasteiger partial charge in [0, 0.05) is 18.8 Å². The Hall–Kier alpha value is -2.44. The predicted molar refractivity (Wildman–Crippen MR) is 75.1 cm³/mol. The van der Waals surface area contributed by atoms with E-state index < -0.39 is 0 Å². The molecule has 0 aliphatic heterocycles. The molecule has 7 nitrogen and oxygen atoms in total. The van der Waals surface area contributed by atoms with E-state index in [1.807, 2.05) is 24.6 Å². The molecule has 1 amide bonds. The molecule has 7 heteroatoms. The molecule has 0 aliphatic carbocycles. The average molecular weight is 274 g/mol. The van der Waals surface area contributed by atoms with E-state index in [1.54, 1.807) is 12.1 Å². The molecular formula is C13H18N6O. The largest absolute Gasteiger partial charge is 0.382 e. The molecule has 0 spiro atoms. The van der Waals surface area contributed by atoms with Crippen molar-refractivity contribution in [2.75, 3.05) is 12.3 Å². The number of aromatic nitrogens is 4. The van der Waals surface area contributed by atoms with Crippen LogP contribution < -0.4 is 11.1 Å². The molecule has 0 fully saturated rings. The zero-order valence-electron chi connectivity index (χ0n) is 11.6. The molecule has 2 heterocycles. The van der Waals surface area contributed by atoms with E-state index >= 15 is 0 Å². The van der Waals surface area contributed by atoms with Gasteiger partial charge < -0.3 is 11.1 Å². The Labute approximate surface area is 117 Å². The molecule has 2 aromatic rings. The molecule has 2 aromatic heterocycles. The first kappa shape index (κ1) is 14.0. The molecule has 2 rings (SSSR count). The van der Waals surface area contributed by atoms with Gasteiger partial charge in [-0.15, -0.1) is 10.2 Å². The van der Waals surface area contributed by atoms with Crippen molar-refractivity contribution in [1.29, 1.82) is 0 Å². The Balaban J connectivity index is 1.77. The molecular weight excluding hydrogens is 256 g/mol. The van der Waals surface area contributed by atoms with Gasteiger partial charge in [0.15, 0.2) is 5.69 Å². The molecule has 0 unspecified atom stereocenters. The summed E-state index contributed by atoms with van der Waals surface area (Å²) < 4.78 is 1.94. The Kier molecular flexibility index (Phi) is 4.29. The van der Waals surface area contributed by atoms with Crippen molar-refractivity contribution in [3.63, 3.8) is 0 Å². The van der Waals surface area contributed by atoms with E-state index in [-0.39, 0.29) is 11.6 Å². The predicted octanol–water partition coefficient (Wildman–Crippen LogP) is 0.692. The van der Waals surface area contributed by atoms with Crippen LogP contribution in [0.15, 0.2) is 18.2 Å². The van der Waals surface area contributed by atoms with Crippen molar-refractivity contribution in [2.24, 2.45) is 0 Å². The van der Waals surface area contributed by atoms with E-state index in [0.29, 0.717) is 12.4 Å². The number of hydrogen-bond donors (Lipinski definition) is 2. The molecule has 20 heavy (non-hydrogen) atoms. The third-order valence-corrected chi connectivity index (χ3v) is 2.85. The van der Waals surface area contributed by atoms with Crippen molar-refractivity contribution < 1.29 is 4.79 Å². The molecule has 0 aliphatic rings. The van der Waals surface area contributed by atoms with E-state index in [4.69, 9.17) is 5.73 Å². The second kappa shape index (κ2) is 6.14. The highest BCUT2D eigenvalue weighted by atomic mass is 16.1. The van der Waals surface area contributed by atoms with E-state index in [1.165, 1.54) is 0 Å². The molecule has 0 saturated carbocycles. The van der Waals surface area contributed by atoms with Crippen molar-refractivity contribution in [3.8, 4) is 0 Å². The lowest BCUT2D eigenvalue weighted by Crippen LogP contribution is -2.26. The van der Waals surface area contributed by atoms with Gasteiger partial charge >= 0.3 is 0 Å². The number of hydrogen-bond acceptors (Lipinski definition) is 5. The number of nitrogens with two attached hydrogens (primary N) is 1. The van der Waals surface area contributed by atoms with E-state index in [0.717, 1.165) is 24.4 Å². The van der Waals surface area contributed by atoms with Crippen LogP contribution >= 0.6 is 0 Å². The Morgan fingerprint density at radius 1 is 1.35 bits per heavy atom. The smallest absolute Gasteiger partial charge is 0.271 e. The van der Waals surface area contributed by atoms with Gasteiger partial charge in [0.05, 0.1) is 5.69 Å². The van der Waals surface area contributed by atoms with Crippen LogP contribution in [0.25, 0.3) is 0 Å². The lowest BCUT2D eigenvalue weighted by Gasteiger charge is -2.06. The standard InChI is InChI=1S/C13H18N6O/c1-9-8-10(2)19(18-9)7-3-6-15-13(20)11-4-5-12(14)17-16-11/h4-5,8H,3,6-7H2,1-2H3,(H2,14,17)(H,15,20). The second-order valence-corrected chi connectivity index (χ2v) is 4.60. The van der Waals surface area contributed by atoms with Crippen LogP contribution in [0, 0.1) is 13.8 Å². The highest BCUT2D eigenvalue weighted by Gasteiger charge is 2.07. The van der Waals surface area contributed by atoms with Crippen molar-refractivity contribution in [2.45, 2.75) is 26.8 Å².